The highest BCUT2D eigenvalue weighted by Crippen LogP contribution is 2.19. The van der Waals surface area contributed by atoms with Crippen molar-refractivity contribution in [1.29, 1.82) is 0 Å². The molecule has 0 aromatic rings. The zero-order valence-corrected chi connectivity index (χ0v) is 10.4. The summed E-state index contributed by atoms with van der Waals surface area (Å²) in [5.41, 5.74) is 0. The van der Waals surface area contributed by atoms with Crippen LogP contribution in [0.25, 0.3) is 0 Å². The summed E-state index contributed by atoms with van der Waals surface area (Å²) in [5.74, 6) is 0. The predicted molar refractivity (Wildman–Crippen MR) is 60.0 cm³/mol. The second-order valence-electron chi connectivity index (χ2n) is 4.46. The molecule has 10 heteroatoms. The maximum Gasteiger partial charge on any atom is 0.184 e. The average Bonchev–Trinajstić information content (AvgIpc) is 2.84. The summed E-state index contributed by atoms with van der Waals surface area (Å²) in [7, 11) is 0. The van der Waals surface area contributed by atoms with Crippen molar-refractivity contribution in [1.82, 2.24) is 0 Å². The van der Waals surface area contributed by atoms with E-state index in [4.69, 9.17) is 40.9 Å². The Hall–Kier alpha value is -0.400. The minimum absolute atomic E-state index is 0.407. The van der Waals surface area contributed by atoms with E-state index < -0.39 is 62.4 Å². The third kappa shape index (κ3) is 3.83. The van der Waals surface area contributed by atoms with Crippen LogP contribution >= 0.6 is 0 Å². The van der Waals surface area contributed by atoms with Crippen molar-refractivity contribution in [3.63, 3.8) is 0 Å². The molecule has 0 aromatic heterocycles. The van der Waals surface area contributed by atoms with Crippen LogP contribution in [-0.2, 0) is 9.47 Å². The van der Waals surface area contributed by atoms with E-state index in [-0.39, 0.29) is 0 Å². The van der Waals surface area contributed by atoms with E-state index in [0.29, 0.717) is 0 Å². The first-order valence-electron chi connectivity index (χ1n) is 5.94. The van der Waals surface area contributed by atoms with Crippen LogP contribution in [0.4, 0.5) is 0 Å². The Bertz CT molecular complexity index is 261. The fourth-order valence-corrected chi connectivity index (χ4v) is 1.76. The van der Waals surface area contributed by atoms with Gasteiger partial charge in [0.25, 0.3) is 0 Å². The zero-order chi connectivity index (χ0) is 15.4. The van der Waals surface area contributed by atoms with Crippen LogP contribution in [0.1, 0.15) is 0 Å². The molecule has 0 bridgehead atoms. The fourth-order valence-electron chi connectivity index (χ4n) is 1.76. The lowest BCUT2D eigenvalue weighted by Gasteiger charge is -2.09. The molecule has 0 amide bonds. The molecule has 2 heterocycles. The van der Waals surface area contributed by atoms with Crippen molar-refractivity contribution >= 4 is 0 Å². The highest BCUT2D eigenvalue weighted by Gasteiger charge is 2.41. The van der Waals surface area contributed by atoms with Crippen LogP contribution in [0.2, 0.25) is 0 Å². The number of aliphatic hydroxyl groups excluding tert-OH is 8. The van der Waals surface area contributed by atoms with E-state index in [1.54, 1.807) is 0 Å². The maximum absolute atomic E-state index is 8.93. The molecule has 20 heavy (non-hydrogen) atoms. The molecule has 8 N–H and O–H groups in total. The van der Waals surface area contributed by atoms with Crippen LogP contribution in [0.3, 0.4) is 0 Å². The maximum atomic E-state index is 8.93. The quantitative estimate of drug-likeness (QED) is 0.245. The molecule has 2 aliphatic rings. The van der Waals surface area contributed by atoms with Crippen LogP contribution in [0.5, 0.6) is 0 Å². The predicted octanol–water partition coefficient (Wildman–Crippen LogP) is -5.16. The van der Waals surface area contributed by atoms with Gasteiger partial charge >= 0.3 is 0 Å². The summed E-state index contributed by atoms with van der Waals surface area (Å²) in [6.45, 7) is -0.815. The molecule has 0 saturated carbocycles. The number of ether oxygens (including phenoxy) is 2. The van der Waals surface area contributed by atoms with Gasteiger partial charge < -0.3 is 50.3 Å². The molecule has 0 radical (unpaired) electrons. The van der Waals surface area contributed by atoms with E-state index in [2.05, 4.69) is 9.47 Å². The standard InChI is InChI=1S/2C5H10O5/c2*6-1-2-3(7)4(8)5(9)10-2/h2*2-9H,1H2/t2*2-,3-,4-,5?/m11/s1. The smallest absolute Gasteiger partial charge is 0.184 e. The molecule has 2 unspecified atom stereocenters. The summed E-state index contributed by atoms with van der Waals surface area (Å²) in [6.07, 6.45) is -9.51. The Morgan fingerprint density at radius 1 is 0.550 bits per heavy atom. The van der Waals surface area contributed by atoms with Crippen LogP contribution < -0.4 is 0 Å². The summed E-state index contributed by atoms with van der Waals surface area (Å²) < 4.78 is 9.08. The fraction of sp³-hybridized carbons (Fsp3) is 1.00. The Labute approximate surface area is 114 Å². The van der Waals surface area contributed by atoms with Crippen molar-refractivity contribution in [3.8, 4) is 0 Å². The second-order valence-corrected chi connectivity index (χ2v) is 4.46. The zero-order valence-electron chi connectivity index (χ0n) is 10.4. The summed E-state index contributed by atoms with van der Waals surface area (Å²) in [6, 6.07) is 0. The molecule has 0 aliphatic carbocycles. The van der Waals surface area contributed by atoms with Gasteiger partial charge in [-0.2, -0.15) is 0 Å². The lowest BCUT2D eigenvalue weighted by molar-refractivity contribution is -0.133. The van der Waals surface area contributed by atoms with E-state index in [9.17, 15) is 0 Å². The largest absolute Gasteiger partial charge is 0.394 e. The third-order valence-corrected chi connectivity index (χ3v) is 3.03. The van der Waals surface area contributed by atoms with Gasteiger partial charge in [-0.1, -0.05) is 0 Å². The summed E-state index contributed by atoms with van der Waals surface area (Å²) >= 11 is 0. The first-order chi connectivity index (χ1) is 9.33. The van der Waals surface area contributed by atoms with Gasteiger partial charge in [0.15, 0.2) is 12.6 Å². The molecular formula is C10H20O10. The first kappa shape index (κ1) is 17.7. The SMILES string of the molecule is OC[C@H]1OC(O)[C@H](O)[C@@H]1O.OC[C@H]1OC(O)[C@H](O)[C@@H]1O. The molecule has 2 fully saturated rings. The minimum Gasteiger partial charge on any atom is -0.394 e. The van der Waals surface area contributed by atoms with Crippen molar-refractivity contribution < 1.29 is 50.3 Å². The van der Waals surface area contributed by atoms with Gasteiger partial charge in [0, 0.05) is 0 Å². The molecule has 8 atom stereocenters. The topological polar surface area (TPSA) is 180 Å². The Kier molecular flexibility index (Phi) is 6.68. The van der Waals surface area contributed by atoms with Crippen molar-refractivity contribution in [2.24, 2.45) is 0 Å². The van der Waals surface area contributed by atoms with Gasteiger partial charge in [-0.15, -0.1) is 0 Å². The van der Waals surface area contributed by atoms with Crippen LogP contribution in [0, 0.1) is 0 Å². The third-order valence-electron chi connectivity index (χ3n) is 3.03. The molecule has 10 nitrogen and oxygen atoms in total. The van der Waals surface area contributed by atoms with Gasteiger partial charge in [-0.05, 0) is 0 Å². The normalized spacial score (nSPS) is 48.0. The monoisotopic (exact) mass is 300 g/mol. The summed E-state index contributed by atoms with van der Waals surface area (Å²) in [5, 5.41) is 69.9. The van der Waals surface area contributed by atoms with Crippen molar-refractivity contribution in [2.45, 2.75) is 49.2 Å². The number of rotatable bonds is 2. The number of hydrogen-bond donors (Lipinski definition) is 8. The van der Waals surface area contributed by atoms with Crippen LogP contribution in [-0.4, -0.2) is 103 Å². The highest BCUT2D eigenvalue weighted by atomic mass is 16.7. The van der Waals surface area contributed by atoms with E-state index in [1.807, 2.05) is 0 Å². The molecular weight excluding hydrogens is 280 g/mol. The average molecular weight is 300 g/mol. The Balaban J connectivity index is 0.000000200. The highest BCUT2D eigenvalue weighted by molar-refractivity contribution is 4.85. The van der Waals surface area contributed by atoms with E-state index >= 15 is 0 Å². The van der Waals surface area contributed by atoms with Crippen molar-refractivity contribution in [3.05, 3.63) is 0 Å². The molecule has 2 rings (SSSR count). The van der Waals surface area contributed by atoms with Gasteiger partial charge in [0.2, 0.25) is 0 Å². The van der Waals surface area contributed by atoms with Gasteiger partial charge in [-0.3, -0.25) is 0 Å². The van der Waals surface area contributed by atoms with Gasteiger partial charge in [-0.25, -0.2) is 0 Å². The van der Waals surface area contributed by atoms with E-state index in [1.165, 1.54) is 0 Å². The van der Waals surface area contributed by atoms with Crippen molar-refractivity contribution in [2.75, 3.05) is 13.2 Å². The molecule has 2 saturated heterocycles. The first-order valence-corrected chi connectivity index (χ1v) is 5.94. The van der Waals surface area contributed by atoms with Gasteiger partial charge in [0.05, 0.1) is 13.2 Å². The van der Waals surface area contributed by atoms with Gasteiger partial charge in [0.1, 0.15) is 36.6 Å². The molecule has 0 spiro atoms. The number of aliphatic hydroxyl groups is 8. The lowest BCUT2D eigenvalue weighted by Crippen LogP contribution is -2.33. The molecule has 2 aliphatic heterocycles. The second kappa shape index (κ2) is 7.56. The Morgan fingerprint density at radius 3 is 0.950 bits per heavy atom. The van der Waals surface area contributed by atoms with Crippen LogP contribution in [0.15, 0.2) is 0 Å². The molecule has 120 valence electrons. The lowest BCUT2D eigenvalue weighted by atomic mass is 10.1. The minimum atomic E-state index is -1.38. The number of hydrogen-bond acceptors (Lipinski definition) is 10. The van der Waals surface area contributed by atoms with E-state index in [0.717, 1.165) is 0 Å². The summed E-state index contributed by atoms with van der Waals surface area (Å²) in [4.78, 5) is 0. The Morgan fingerprint density at radius 2 is 0.850 bits per heavy atom. The molecule has 0 aromatic carbocycles.